The number of rotatable bonds is 5. The van der Waals surface area contributed by atoms with E-state index in [9.17, 15) is 10.5 Å². The predicted octanol–water partition coefficient (Wildman–Crippen LogP) is 9.39. The highest BCUT2D eigenvalue weighted by molar-refractivity contribution is 5.73. The van der Waals surface area contributed by atoms with Crippen LogP contribution in [0.1, 0.15) is 62.6 Å². The number of aromatic nitrogens is 3. The summed E-state index contributed by atoms with van der Waals surface area (Å²) in [5.41, 5.74) is 7.62. The molecule has 0 radical (unpaired) electrons. The fourth-order valence-electron chi connectivity index (χ4n) is 8.10. The van der Waals surface area contributed by atoms with Crippen LogP contribution in [-0.2, 0) is 5.41 Å². The largest absolute Gasteiger partial charge is 0.208 e. The number of nitriles is 2. The van der Waals surface area contributed by atoms with Gasteiger partial charge < -0.3 is 0 Å². The summed E-state index contributed by atoms with van der Waals surface area (Å²) in [4.78, 5) is 14.6. The van der Waals surface area contributed by atoms with Crippen molar-refractivity contribution in [3.05, 3.63) is 114 Å². The van der Waals surface area contributed by atoms with E-state index >= 15 is 0 Å². The highest BCUT2D eigenvalue weighted by atomic mass is 15.0. The average molecular weight is 586 g/mol. The van der Waals surface area contributed by atoms with Gasteiger partial charge in [-0.25, -0.2) is 15.0 Å². The van der Waals surface area contributed by atoms with E-state index in [-0.39, 0.29) is 0 Å². The number of benzene rings is 4. The molecule has 2 aliphatic carbocycles. The van der Waals surface area contributed by atoms with Crippen LogP contribution >= 0.6 is 0 Å². The topological polar surface area (TPSA) is 86.2 Å². The minimum Gasteiger partial charge on any atom is -0.208 e. The molecule has 0 spiro atoms. The molecule has 1 unspecified atom stereocenters. The van der Waals surface area contributed by atoms with Gasteiger partial charge in [-0.3, -0.25) is 0 Å². The normalized spacial score (nSPS) is 22.3. The molecule has 220 valence electrons. The minimum atomic E-state index is 0.312. The van der Waals surface area contributed by atoms with Gasteiger partial charge in [-0.15, -0.1) is 0 Å². The second-order valence-electron chi connectivity index (χ2n) is 13.3. The number of fused-ring (bicyclic) bond motifs is 2. The van der Waals surface area contributed by atoms with Crippen LogP contribution in [0.15, 0.2) is 97.1 Å². The van der Waals surface area contributed by atoms with Gasteiger partial charge in [0.25, 0.3) is 0 Å². The maximum atomic E-state index is 9.49. The third-order valence-corrected chi connectivity index (χ3v) is 9.74. The summed E-state index contributed by atoms with van der Waals surface area (Å²) in [6.07, 6.45) is 6.68. The molecule has 0 aliphatic heterocycles. The molecule has 0 N–H and O–H groups in total. The molecule has 4 atom stereocenters. The highest BCUT2D eigenvalue weighted by Gasteiger charge is 2.45. The monoisotopic (exact) mass is 585 g/mol. The molecule has 1 aromatic heterocycles. The van der Waals surface area contributed by atoms with Crippen molar-refractivity contribution < 1.29 is 0 Å². The Balaban J connectivity index is 1.26. The maximum Gasteiger partial charge on any atom is 0.164 e. The van der Waals surface area contributed by atoms with Gasteiger partial charge in [0.1, 0.15) is 0 Å². The van der Waals surface area contributed by atoms with Gasteiger partial charge in [-0.2, -0.15) is 10.5 Å². The first kappa shape index (κ1) is 28.6. The standard InChI is InChI=1S/C40H35N5/c1-26-17-30-18-27(2)22-40(21-26,23-30)36-15-13-31(14-16-36)33-6-4-8-35(20-33)39-44-37(32-11-9-28(24-41)10-12-32)43-38(45-39)34-7-3-5-29(19-34)25-42/h3-16,19-20,26-27,30H,17-18,21-23H2,1-2H3/t26-,27+,30-,40?. The van der Waals surface area contributed by atoms with E-state index in [4.69, 9.17) is 15.0 Å². The van der Waals surface area contributed by atoms with Crippen LogP contribution in [-0.4, -0.2) is 15.0 Å². The molecule has 2 bridgehead atoms. The van der Waals surface area contributed by atoms with Crippen molar-refractivity contribution in [2.75, 3.05) is 0 Å². The van der Waals surface area contributed by atoms with E-state index in [1.807, 2.05) is 30.3 Å². The van der Waals surface area contributed by atoms with E-state index in [0.717, 1.165) is 40.0 Å². The first-order valence-electron chi connectivity index (χ1n) is 15.9. The Bertz CT molecular complexity index is 1930. The van der Waals surface area contributed by atoms with Crippen molar-refractivity contribution in [2.24, 2.45) is 17.8 Å². The minimum absolute atomic E-state index is 0.312. The molecule has 0 saturated heterocycles. The third-order valence-electron chi connectivity index (χ3n) is 9.74. The molecule has 2 saturated carbocycles. The Morgan fingerprint density at radius 3 is 1.71 bits per heavy atom. The Morgan fingerprint density at radius 2 is 1.09 bits per heavy atom. The Labute approximate surface area is 265 Å². The lowest BCUT2D eigenvalue weighted by Gasteiger charge is -2.50. The van der Waals surface area contributed by atoms with Crippen molar-refractivity contribution in [1.29, 1.82) is 10.5 Å². The van der Waals surface area contributed by atoms with Gasteiger partial charge in [0, 0.05) is 16.7 Å². The second-order valence-corrected chi connectivity index (χ2v) is 13.3. The predicted molar refractivity (Wildman–Crippen MR) is 178 cm³/mol. The smallest absolute Gasteiger partial charge is 0.164 e. The summed E-state index contributed by atoms with van der Waals surface area (Å²) in [6.45, 7) is 4.88. The first-order valence-corrected chi connectivity index (χ1v) is 15.9. The van der Waals surface area contributed by atoms with Crippen LogP contribution in [0.5, 0.6) is 0 Å². The van der Waals surface area contributed by atoms with E-state index in [1.54, 1.807) is 24.3 Å². The summed E-state index contributed by atoms with van der Waals surface area (Å²) in [6, 6.07) is 36.6. The number of hydrogen-bond acceptors (Lipinski definition) is 5. The SMILES string of the molecule is C[C@@H]1C[C@@H]2C[C@H](C)CC(c3ccc(-c4cccc(-c5nc(-c6ccc(C#N)cc6)nc(-c6cccc(C#N)c6)n5)c4)cc3)(C1)C2. The Hall–Kier alpha value is -5.13. The number of hydrogen-bond donors (Lipinski definition) is 0. The molecule has 5 aromatic rings. The zero-order valence-corrected chi connectivity index (χ0v) is 25.7. The van der Waals surface area contributed by atoms with Crippen molar-refractivity contribution in [3.8, 4) is 57.4 Å². The molecule has 45 heavy (non-hydrogen) atoms. The molecule has 5 heteroatoms. The summed E-state index contributed by atoms with van der Waals surface area (Å²) in [5, 5.41) is 18.8. The van der Waals surface area contributed by atoms with Gasteiger partial charge in [-0.05, 0) is 114 Å². The zero-order chi connectivity index (χ0) is 31.0. The fraction of sp³-hybridized carbons (Fsp3) is 0.275. The average Bonchev–Trinajstić information content (AvgIpc) is 3.07. The molecule has 1 heterocycles. The Kier molecular flexibility index (Phi) is 7.48. The van der Waals surface area contributed by atoms with E-state index < -0.39 is 0 Å². The van der Waals surface area contributed by atoms with Crippen LogP contribution in [0, 0.1) is 40.4 Å². The van der Waals surface area contributed by atoms with Crippen molar-refractivity contribution in [3.63, 3.8) is 0 Å². The van der Waals surface area contributed by atoms with Gasteiger partial charge in [0.2, 0.25) is 0 Å². The van der Waals surface area contributed by atoms with Gasteiger partial charge in [0.15, 0.2) is 17.5 Å². The third kappa shape index (κ3) is 5.75. The molecule has 4 aromatic carbocycles. The van der Waals surface area contributed by atoms with Gasteiger partial charge >= 0.3 is 0 Å². The maximum absolute atomic E-state index is 9.49. The summed E-state index contributed by atoms with van der Waals surface area (Å²) < 4.78 is 0. The molecular formula is C40H35N5. The lowest BCUT2D eigenvalue weighted by molar-refractivity contribution is 0.0780. The lowest BCUT2D eigenvalue weighted by atomic mass is 9.54. The summed E-state index contributed by atoms with van der Waals surface area (Å²) in [7, 11) is 0. The molecule has 5 nitrogen and oxygen atoms in total. The van der Waals surface area contributed by atoms with Crippen molar-refractivity contribution >= 4 is 0 Å². The molecule has 0 amide bonds. The van der Waals surface area contributed by atoms with Crippen LogP contribution in [0.3, 0.4) is 0 Å². The van der Waals surface area contributed by atoms with Crippen molar-refractivity contribution in [1.82, 2.24) is 15.0 Å². The van der Waals surface area contributed by atoms with Crippen molar-refractivity contribution in [2.45, 2.75) is 51.4 Å². The van der Waals surface area contributed by atoms with Crippen LogP contribution in [0.4, 0.5) is 0 Å². The number of nitrogens with zero attached hydrogens (tertiary/aromatic N) is 5. The van der Waals surface area contributed by atoms with Crippen LogP contribution < -0.4 is 0 Å². The Morgan fingerprint density at radius 1 is 0.556 bits per heavy atom. The molecule has 2 fully saturated rings. The second kappa shape index (κ2) is 11.8. The molecular weight excluding hydrogens is 550 g/mol. The molecule has 7 rings (SSSR count). The fourth-order valence-corrected chi connectivity index (χ4v) is 8.10. The zero-order valence-electron chi connectivity index (χ0n) is 25.7. The van der Waals surface area contributed by atoms with Gasteiger partial charge in [0.05, 0.1) is 23.3 Å². The summed E-state index contributed by atoms with van der Waals surface area (Å²) >= 11 is 0. The highest BCUT2D eigenvalue weighted by Crippen LogP contribution is 2.54. The van der Waals surface area contributed by atoms with Gasteiger partial charge in [-0.1, -0.05) is 68.4 Å². The first-order chi connectivity index (χ1) is 21.9. The van der Waals surface area contributed by atoms with E-state index in [0.29, 0.717) is 34.0 Å². The van der Waals surface area contributed by atoms with E-state index in [1.165, 1.54) is 43.2 Å². The van der Waals surface area contributed by atoms with Crippen LogP contribution in [0.2, 0.25) is 0 Å². The lowest BCUT2D eigenvalue weighted by Crippen LogP contribution is -2.42. The van der Waals surface area contributed by atoms with Crippen LogP contribution in [0.25, 0.3) is 45.3 Å². The van der Waals surface area contributed by atoms with E-state index in [2.05, 4.69) is 68.5 Å². The molecule has 2 aliphatic rings. The quantitative estimate of drug-likeness (QED) is 0.205. The summed E-state index contributed by atoms with van der Waals surface area (Å²) in [5.74, 6) is 3.99.